The first-order valence-corrected chi connectivity index (χ1v) is 7.39. The Morgan fingerprint density at radius 1 is 0.909 bits per heavy atom. The van der Waals surface area contributed by atoms with Crippen molar-refractivity contribution in [3.05, 3.63) is 70.2 Å². The highest BCUT2D eigenvalue weighted by molar-refractivity contribution is 6.30. The second-order valence-corrected chi connectivity index (χ2v) is 5.29. The molecule has 0 bridgehead atoms. The second-order valence-electron chi connectivity index (χ2n) is 4.86. The molecule has 0 atom stereocenters. The zero-order valence-corrected chi connectivity index (χ0v) is 13.0. The van der Waals surface area contributed by atoms with Crippen molar-refractivity contribution in [3.63, 3.8) is 0 Å². The molecule has 2 N–H and O–H groups in total. The van der Waals surface area contributed by atoms with Crippen molar-refractivity contribution in [2.75, 3.05) is 0 Å². The van der Waals surface area contributed by atoms with Gasteiger partial charge in [-0.15, -0.1) is 0 Å². The van der Waals surface area contributed by atoms with Crippen molar-refractivity contribution < 1.29 is 9.59 Å². The van der Waals surface area contributed by atoms with Crippen LogP contribution in [0.25, 0.3) is 0 Å². The van der Waals surface area contributed by atoms with Crippen LogP contribution in [-0.2, 0) is 17.6 Å². The standard InChI is InChI=1S/C17H17ClN2O2/c1-2-12-3-7-14(8-4-12)17(22)20-19-16(21)11-13-5-9-15(18)10-6-13/h3-10H,2,11H2,1H3,(H,19,21)(H,20,22). The minimum atomic E-state index is -0.341. The van der Waals surface area contributed by atoms with Gasteiger partial charge in [-0.3, -0.25) is 20.4 Å². The van der Waals surface area contributed by atoms with Crippen LogP contribution in [0.2, 0.25) is 5.02 Å². The topological polar surface area (TPSA) is 58.2 Å². The summed E-state index contributed by atoms with van der Waals surface area (Å²) in [6, 6.07) is 14.2. The average Bonchev–Trinajstić information content (AvgIpc) is 2.55. The zero-order chi connectivity index (χ0) is 15.9. The second kappa shape index (κ2) is 7.61. The van der Waals surface area contributed by atoms with E-state index >= 15 is 0 Å². The van der Waals surface area contributed by atoms with Gasteiger partial charge in [0.15, 0.2) is 0 Å². The first-order valence-electron chi connectivity index (χ1n) is 7.01. The first-order chi connectivity index (χ1) is 10.6. The third-order valence-electron chi connectivity index (χ3n) is 3.22. The van der Waals surface area contributed by atoms with Gasteiger partial charge in [0.25, 0.3) is 5.91 Å². The molecule has 0 unspecified atom stereocenters. The molecular weight excluding hydrogens is 300 g/mol. The Kier molecular flexibility index (Phi) is 5.55. The normalized spacial score (nSPS) is 10.1. The van der Waals surface area contributed by atoms with Gasteiger partial charge in [-0.25, -0.2) is 0 Å². The van der Waals surface area contributed by atoms with E-state index in [-0.39, 0.29) is 18.2 Å². The molecule has 4 nitrogen and oxygen atoms in total. The van der Waals surface area contributed by atoms with Crippen molar-refractivity contribution in [2.45, 2.75) is 19.8 Å². The van der Waals surface area contributed by atoms with Crippen molar-refractivity contribution in [2.24, 2.45) is 0 Å². The predicted octanol–water partition coefficient (Wildman–Crippen LogP) is 2.91. The summed E-state index contributed by atoms with van der Waals surface area (Å²) >= 11 is 5.78. The molecular formula is C17H17ClN2O2. The van der Waals surface area contributed by atoms with E-state index in [1.54, 1.807) is 36.4 Å². The number of amides is 2. The van der Waals surface area contributed by atoms with Gasteiger partial charge in [-0.05, 0) is 41.8 Å². The monoisotopic (exact) mass is 316 g/mol. The third kappa shape index (κ3) is 4.60. The summed E-state index contributed by atoms with van der Waals surface area (Å²) in [7, 11) is 0. The number of hydrogen-bond donors (Lipinski definition) is 2. The molecule has 114 valence electrons. The van der Waals surface area contributed by atoms with Gasteiger partial charge < -0.3 is 0 Å². The van der Waals surface area contributed by atoms with Crippen molar-refractivity contribution in [1.82, 2.24) is 10.9 Å². The number of rotatable bonds is 4. The molecule has 0 aromatic heterocycles. The van der Waals surface area contributed by atoms with Gasteiger partial charge in [-0.1, -0.05) is 42.8 Å². The summed E-state index contributed by atoms with van der Waals surface area (Å²) in [5.41, 5.74) is 7.29. The Balaban J connectivity index is 1.84. The van der Waals surface area contributed by atoms with Crippen molar-refractivity contribution >= 4 is 23.4 Å². The fourth-order valence-corrected chi connectivity index (χ4v) is 2.05. The number of halogens is 1. The number of benzene rings is 2. The van der Waals surface area contributed by atoms with Crippen LogP contribution in [0.3, 0.4) is 0 Å². The van der Waals surface area contributed by atoms with Crippen molar-refractivity contribution in [1.29, 1.82) is 0 Å². The van der Waals surface area contributed by atoms with E-state index in [9.17, 15) is 9.59 Å². The summed E-state index contributed by atoms with van der Waals surface area (Å²) in [5, 5.41) is 0.619. The molecule has 0 aliphatic carbocycles. The van der Waals surface area contributed by atoms with E-state index in [0.717, 1.165) is 17.5 Å². The van der Waals surface area contributed by atoms with E-state index in [1.807, 2.05) is 19.1 Å². The van der Waals surface area contributed by atoms with Crippen LogP contribution < -0.4 is 10.9 Å². The molecule has 0 aliphatic rings. The van der Waals surface area contributed by atoms with Crippen LogP contribution in [0.4, 0.5) is 0 Å². The molecule has 0 fully saturated rings. The minimum absolute atomic E-state index is 0.173. The Hall–Kier alpha value is -2.33. The molecule has 2 aromatic rings. The summed E-state index contributed by atoms with van der Waals surface area (Å²) in [5.74, 6) is -0.632. The molecule has 0 aliphatic heterocycles. The van der Waals surface area contributed by atoms with Crippen LogP contribution in [0.15, 0.2) is 48.5 Å². The summed E-state index contributed by atoms with van der Waals surface area (Å²) in [4.78, 5) is 23.7. The lowest BCUT2D eigenvalue weighted by Gasteiger charge is -2.08. The number of carbonyl (C=O) groups excluding carboxylic acids is 2. The van der Waals surface area contributed by atoms with Gasteiger partial charge >= 0.3 is 0 Å². The lowest BCUT2D eigenvalue weighted by molar-refractivity contribution is -0.121. The maximum Gasteiger partial charge on any atom is 0.269 e. The van der Waals surface area contributed by atoms with Crippen LogP contribution in [0, 0.1) is 0 Å². The molecule has 0 saturated carbocycles. The molecule has 0 saturated heterocycles. The number of hydrogen-bond acceptors (Lipinski definition) is 2. The molecule has 2 amide bonds. The van der Waals surface area contributed by atoms with E-state index in [4.69, 9.17) is 11.6 Å². The molecule has 0 heterocycles. The highest BCUT2D eigenvalue weighted by atomic mass is 35.5. The largest absolute Gasteiger partial charge is 0.273 e. The van der Waals surface area contributed by atoms with Crippen LogP contribution in [-0.4, -0.2) is 11.8 Å². The van der Waals surface area contributed by atoms with Gasteiger partial charge in [0.05, 0.1) is 6.42 Å². The minimum Gasteiger partial charge on any atom is -0.273 e. The van der Waals surface area contributed by atoms with E-state index in [0.29, 0.717) is 10.6 Å². The third-order valence-corrected chi connectivity index (χ3v) is 3.47. The molecule has 5 heteroatoms. The fraction of sp³-hybridized carbons (Fsp3) is 0.176. The smallest absolute Gasteiger partial charge is 0.269 e. The summed E-state index contributed by atoms with van der Waals surface area (Å²) < 4.78 is 0. The Labute approximate surface area is 134 Å². The van der Waals surface area contributed by atoms with Gasteiger partial charge in [-0.2, -0.15) is 0 Å². The predicted molar refractivity (Wildman–Crippen MR) is 86.6 cm³/mol. The van der Waals surface area contributed by atoms with E-state index < -0.39 is 0 Å². The summed E-state index contributed by atoms with van der Waals surface area (Å²) in [6.45, 7) is 2.05. The number of hydrazine groups is 1. The number of carbonyl (C=O) groups is 2. The average molecular weight is 317 g/mol. The lowest BCUT2D eigenvalue weighted by atomic mass is 10.1. The maximum absolute atomic E-state index is 11.9. The van der Waals surface area contributed by atoms with E-state index in [1.165, 1.54) is 0 Å². The van der Waals surface area contributed by atoms with Crippen molar-refractivity contribution in [3.8, 4) is 0 Å². The summed E-state index contributed by atoms with van der Waals surface area (Å²) in [6.07, 6.45) is 1.09. The fourth-order valence-electron chi connectivity index (χ4n) is 1.92. The Morgan fingerprint density at radius 3 is 2.09 bits per heavy atom. The maximum atomic E-state index is 11.9. The first kappa shape index (κ1) is 16.0. The van der Waals surface area contributed by atoms with Gasteiger partial charge in [0.1, 0.15) is 0 Å². The molecule has 2 rings (SSSR count). The lowest BCUT2D eigenvalue weighted by Crippen LogP contribution is -2.42. The highest BCUT2D eigenvalue weighted by Gasteiger charge is 2.08. The van der Waals surface area contributed by atoms with Gasteiger partial charge in [0.2, 0.25) is 5.91 Å². The number of aryl methyl sites for hydroxylation is 1. The molecule has 0 radical (unpaired) electrons. The Morgan fingerprint density at radius 2 is 1.50 bits per heavy atom. The molecule has 2 aromatic carbocycles. The van der Waals surface area contributed by atoms with Crippen LogP contribution >= 0.6 is 11.6 Å². The van der Waals surface area contributed by atoms with E-state index in [2.05, 4.69) is 10.9 Å². The Bertz CT molecular complexity index is 651. The quantitative estimate of drug-likeness (QED) is 0.852. The molecule has 22 heavy (non-hydrogen) atoms. The zero-order valence-electron chi connectivity index (χ0n) is 12.2. The number of nitrogens with one attached hydrogen (secondary N) is 2. The highest BCUT2D eigenvalue weighted by Crippen LogP contribution is 2.09. The van der Waals surface area contributed by atoms with Gasteiger partial charge in [0, 0.05) is 10.6 Å². The van der Waals surface area contributed by atoms with Crippen LogP contribution in [0.5, 0.6) is 0 Å². The molecule has 0 spiro atoms. The van der Waals surface area contributed by atoms with Crippen LogP contribution in [0.1, 0.15) is 28.4 Å². The SMILES string of the molecule is CCc1ccc(C(=O)NNC(=O)Cc2ccc(Cl)cc2)cc1.